The third kappa shape index (κ3) is 2.45. The highest BCUT2D eigenvalue weighted by atomic mass is 15.1. The van der Waals surface area contributed by atoms with E-state index in [2.05, 4.69) is 44.6 Å². The second-order valence-corrected chi connectivity index (χ2v) is 5.20. The number of benzene rings is 1. The van der Waals surface area contributed by atoms with Gasteiger partial charge in [-0.2, -0.15) is 0 Å². The monoisotopic (exact) mass is 283 g/mol. The molecule has 1 N–H and O–H groups in total. The molecule has 0 spiro atoms. The zero-order valence-electron chi connectivity index (χ0n) is 12.7. The molecule has 0 amide bonds. The molecule has 110 valence electrons. The first kappa shape index (κ1) is 13.8. The summed E-state index contributed by atoms with van der Waals surface area (Å²) < 4.78 is 4.34. The number of hydrogen-bond acceptors (Lipinski definition) is 3. The summed E-state index contributed by atoms with van der Waals surface area (Å²) in [5.41, 5.74) is 2.26. The molecule has 0 bridgehead atoms. The van der Waals surface area contributed by atoms with Gasteiger partial charge in [-0.15, -0.1) is 0 Å². The first-order valence-electron chi connectivity index (χ1n) is 7.33. The van der Waals surface area contributed by atoms with Crippen molar-refractivity contribution in [3.63, 3.8) is 0 Å². The van der Waals surface area contributed by atoms with Gasteiger partial charge < -0.3 is 14.5 Å². The van der Waals surface area contributed by atoms with Crippen LogP contribution in [0.3, 0.4) is 0 Å². The Balaban J connectivity index is 1.98. The van der Waals surface area contributed by atoms with Gasteiger partial charge in [-0.3, -0.25) is 0 Å². The molecule has 2 aromatic heterocycles. The van der Waals surface area contributed by atoms with E-state index < -0.39 is 0 Å². The van der Waals surface area contributed by atoms with Gasteiger partial charge in [0.15, 0.2) is 0 Å². The van der Waals surface area contributed by atoms with Crippen molar-refractivity contribution >= 4 is 11.0 Å². The molecule has 1 atom stereocenters. The normalized spacial score (nSPS) is 12.9. The lowest BCUT2D eigenvalue weighted by Gasteiger charge is -2.16. The summed E-state index contributed by atoms with van der Waals surface area (Å²) in [5.74, 6) is 2.13. The zero-order valence-corrected chi connectivity index (χ0v) is 12.7. The molecule has 0 fully saturated rings. The molecule has 0 saturated heterocycles. The van der Waals surface area contributed by atoms with Crippen molar-refractivity contribution < 1.29 is 0 Å². The van der Waals surface area contributed by atoms with E-state index in [9.17, 15) is 0 Å². The number of imidazole rings is 2. The Morgan fingerprint density at radius 2 is 2.10 bits per heavy atom. The maximum absolute atomic E-state index is 4.80. The van der Waals surface area contributed by atoms with E-state index in [4.69, 9.17) is 4.98 Å². The minimum Gasteiger partial charge on any atom is -0.337 e. The van der Waals surface area contributed by atoms with E-state index in [0.29, 0.717) is 0 Å². The van der Waals surface area contributed by atoms with Crippen molar-refractivity contribution in [2.75, 3.05) is 7.05 Å². The number of nitrogens with one attached hydrogen (secondary N) is 1. The van der Waals surface area contributed by atoms with Gasteiger partial charge in [0.2, 0.25) is 0 Å². The minimum atomic E-state index is 0.159. The first-order valence-corrected chi connectivity index (χ1v) is 7.33. The van der Waals surface area contributed by atoms with Gasteiger partial charge in [0, 0.05) is 32.4 Å². The molecule has 0 radical (unpaired) electrons. The van der Waals surface area contributed by atoms with Crippen LogP contribution in [-0.4, -0.2) is 26.1 Å². The standard InChI is InChI=1S/C16H21N5/c1-4-21-14-8-6-5-7-12(14)19-15(21)11-13(17-2)16-18-9-10-20(16)3/h5-10,13,17H,4,11H2,1-3H3. The average molecular weight is 283 g/mol. The molecule has 0 aliphatic heterocycles. The van der Waals surface area contributed by atoms with Crippen LogP contribution >= 0.6 is 0 Å². The van der Waals surface area contributed by atoms with Gasteiger partial charge in [-0.05, 0) is 26.1 Å². The summed E-state index contributed by atoms with van der Waals surface area (Å²) in [5, 5.41) is 3.35. The van der Waals surface area contributed by atoms with E-state index in [0.717, 1.165) is 30.1 Å². The number of likely N-dealkylation sites (N-methyl/N-ethyl adjacent to an activating group) is 1. The molecule has 1 aromatic carbocycles. The zero-order chi connectivity index (χ0) is 14.8. The van der Waals surface area contributed by atoms with E-state index >= 15 is 0 Å². The molecule has 0 aliphatic carbocycles. The summed E-state index contributed by atoms with van der Waals surface area (Å²) in [6.45, 7) is 3.08. The lowest BCUT2D eigenvalue weighted by atomic mass is 10.2. The molecule has 21 heavy (non-hydrogen) atoms. The third-order valence-corrected chi connectivity index (χ3v) is 3.96. The molecule has 0 saturated carbocycles. The highest BCUT2D eigenvalue weighted by molar-refractivity contribution is 5.75. The number of aromatic nitrogens is 4. The van der Waals surface area contributed by atoms with E-state index in [1.807, 2.05) is 32.6 Å². The van der Waals surface area contributed by atoms with E-state index in [1.165, 1.54) is 5.52 Å². The molecule has 1 unspecified atom stereocenters. The van der Waals surface area contributed by atoms with Crippen molar-refractivity contribution in [2.45, 2.75) is 25.9 Å². The Morgan fingerprint density at radius 3 is 2.76 bits per heavy atom. The van der Waals surface area contributed by atoms with Crippen LogP contribution in [0.4, 0.5) is 0 Å². The highest BCUT2D eigenvalue weighted by Gasteiger charge is 2.18. The number of nitrogens with zero attached hydrogens (tertiary/aromatic N) is 4. The van der Waals surface area contributed by atoms with Crippen molar-refractivity contribution in [3.8, 4) is 0 Å². The topological polar surface area (TPSA) is 47.7 Å². The summed E-state index contributed by atoms with van der Waals surface area (Å²) in [7, 11) is 3.99. The van der Waals surface area contributed by atoms with Gasteiger partial charge >= 0.3 is 0 Å². The predicted molar refractivity (Wildman–Crippen MR) is 84.1 cm³/mol. The van der Waals surface area contributed by atoms with Crippen LogP contribution in [0, 0.1) is 0 Å². The highest BCUT2D eigenvalue weighted by Crippen LogP contribution is 2.21. The molecule has 0 aliphatic rings. The van der Waals surface area contributed by atoms with Gasteiger partial charge in [0.1, 0.15) is 11.6 Å². The maximum Gasteiger partial charge on any atom is 0.126 e. The Labute approximate surface area is 124 Å². The van der Waals surface area contributed by atoms with Gasteiger partial charge in [0.05, 0.1) is 17.1 Å². The second-order valence-electron chi connectivity index (χ2n) is 5.20. The summed E-state index contributed by atoms with van der Waals surface area (Å²) in [4.78, 5) is 9.25. The molecule has 3 rings (SSSR count). The van der Waals surface area contributed by atoms with Gasteiger partial charge in [-0.1, -0.05) is 12.1 Å². The number of rotatable bonds is 5. The van der Waals surface area contributed by atoms with Crippen LogP contribution < -0.4 is 5.32 Å². The van der Waals surface area contributed by atoms with Crippen LogP contribution in [0.25, 0.3) is 11.0 Å². The third-order valence-electron chi connectivity index (χ3n) is 3.96. The lowest BCUT2D eigenvalue weighted by Crippen LogP contribution is -2.23. The summed E-state index contributed by atoms with van der Waals surface area (Å²) >= 11 is 0. The average Bonchev–Trinajstić information content (AvgIpc) is 3.07. The Hall–Kier alpha value is -2.14. The van der Waals surface area contributed by atoms with Crippen molar-refractivity contribution in [1.29, 1.82) is 0 Å². The Morgan fingerprint density at radius 1 is 1.29 bits per heavy atom. The minimum absolute atomic E-state index is 0.159. The molecule has 5 heteroatoms. The summed E-state index contributed by atoms with van der Waals surface area (Å²) in [6, 6.07) is 8.46. The fraction of sp³-hybridized carbons (Fsp3) is 0.375. The maximum atomic E-state index is 4.80. The van der Waals surface area contributed by atoms with E-state index in [-0.39, 0.29) is 6.04 Å². The number of hydrogen-bond donors (Lipinski definition) is 1. The van der Waals surface area contributed by atoms with Crippen molar-refractivity contribution in [2.24, 2.45) is 7.05 Å². The number of para-hydroxylation sites is 2. The Kier molecular flexibility index (Phi) is 3.75. The SMILES string of the molecule is CCn1c(CC(NC)c2nccn2C)nc2ccccc21. The largest absolute Gasteiger partial charge is 0.337 e. The smallest absolute Gasteiger partial charge is 0.126 e. The Bertz CT molecular complexity index is 740. The van der Waals surface area contributed by atoms with Gasteiger partial charge in [0.25, 0.3) is 0 Å². The van der Waals surface area contributed by atoms with Crippen LogP contribution in [0.15, 0.2) is 36.7 Å². The molecular weight excluding hydrogens is 262 g/mol. The number of aryl methyl sites for hydroxylation is 2. The first-order chi connectivity index (χ1) is 10.2. The molecule has 2 heterocycles. The fourth-order valence-electron chi connectivity index (χ4n) is 2.85. The molecule has 3 aromatic rings. The lowest BCUT2D eigenvalue weighted by molar-refractivity contribution is 0.514. The van der Waals surface area contributed by atoms with E-state index in [1.54, 1.807) is 0 Å². The van der Waals surface area contributed by atoms with Crippen LogP contribution in [-0.2, 0) is 20.0 Å². The second kappa shape index (κ2) is 5.69. The van der Waals surface area contributed by atoms with Crippen molar-refractivity contribution in [1.82, 2.24) is 24.4 Å². The van der Waals surface area contributed by atoms with Crippen molar-refractivity contribution in [3.05, 3.63) is 48.3 Å². The quantitative estimate of drug-likeness (QED) is 0.781. The van der Waals surface area contributed by atoms with Crippen LogP contribution in [0.1, 0.15) is 24.6 Å². The van der Waals surface area contributed by atoms with Gasteiger partial charge in [-0.25, -0.2) is 9.97 Å². The molecular formula is C16H21N5. The van der Waals surface area contributed by atoms with Crippen LogP contribution in [0.5, 0.6) is 0 Å². The molecule has 5 nitrogen and oxygen atoms in total. The number of fused-ring (bicyclic) bond motifs is 1. The van der Waals surface area contributed by atoms with Crippen LogP contribution in [0.2, 0.25) is 0 Å². The predicted octanol–water partition coefficient (Wildman–Crippen LogP) is 2.29. The summed E-state index contributed by atoms with van der Waals surface area (Å²) in [6.07, 6.45) is 4.63. The fourth-order valence-corrected chi connectivity index (χ4v) is 2.85.